The van der Waals surface area contributed by atoms with Crippen LogP contribution in [0.1, 0.15) is 35.7 Å². The molecule has 0 unspecified atom stereocenters. The molecule has 0 aliphatic heterocycles. The fourth-order valence-corrected chi connectivity index (χ4v) is 2.35. The van der Waals surface area contributed by atoms with Crippen LogP contribution in [0, 0.1) is 0 Å². The van der Waals surface area contributed by atoms with Gasteiger partial charge in [-0.25, -0.2) is 0 Å². The highest BCUT2D eigenvalue weighted by atomic mass is 35.5. The number of hydrogen-bond acceptors (Lipinski definition) is 2. The maximum atomic E-state index is 12.5. The SMILES string of the molecule is CCCCN/C(=C/C(=O)c1ccccc1Cl)c1ccccc1. The Bertz CT molecular complexity index is 649. The molecule has 2 nitrogen and oxygen atoms in total. The molecule has 22 heavy (non-hydrogen) atoms. The second-order valence-corrected chi connectivity index (χ2v) is 5.46. The van der Waals surface area contributed by atoms with Crippen LogP contribution in [0.3, 0.4) is 0 Å². The molecule has 0 radical (unpaired) electrons. The number of halogens is 1. The molecule has 0 aromatic heterocycles. The van der Waals surface area contributed by atoms with Gasteiger partial charge in [0, 0.05) is 23.9 Å². The lowest BCUT2D eigenvalue weighted by atomic mass is 10.1. The third kappa shape index (κ3) is 4.47. The van der Waals surface area contributed by atoms with E-state index in [1.54, 1.807) is 18.2 Å². The topological polar surface area (TPSA) is 29.1 Å². The summed E-state index contributed by atoms with van der Waals surface area (Å²) in [6.07, 6.45) is 3.80. The average molecular weight is 314 g/mol. The van der Waals surface area contributed by atoms with Crippen LogP contribution in [0.15, 0.2) is 60.7 Å². The van der Waals surface area contributed by atoms with E-state index in [1.807, 2.05) is 42.5 Å². The first kappa shape index (κ1) is 16.3. The average Bonchev–Trinajstić information content (AvgIpc) is 2.55. The van der Waals surface area contributed by atoms with Gasteiger partial charge in [-0.2, -0.15) is 0 Å². The molecule has 0 bridgehead atoms. The molecule has 0 heterocycles. The van der Waals surface area contributed by atoms with Crippen LogP contribution in [0.5, 0.6) is 0 Å². The van der Waals surface area contributed by atoms with Gasteiger partial charge in [-0.05, 0) is 24.1 Å². The van der Waals surface area contributed by atoms with Gasteiger partial charge in [-0.3, -0.25) is 4.79 Å². The number of nitrogens with one attached hydrogen (secondary N) is 1. The smallest absolute Gasteiger partial charge is 0.189 e. The van der Waals surface area contributed by atoms with Gasteiger partial charge in [0.2, 0.25) is 0 Å². The summed E-state index contributed by atoms with van der Waals surface area (Å²) in [4.78, 5) is 12.5. The molecular weight excluding hydrogens is 294 g/mol. The van der Waals surface area contributed by atoms with Crippen molar-refractivity contribution in [2.24, 2.45) is 0 Å². The number of rotatable bonds is 7. The predicted molar refractivity (Wildman–Crippen MR) is 93.1 cm³/mol. The fourth-order valence-electron chi connectivity index (χ4n) is 2.12. The van der Waals surface area contributed by atoms with E-state index in [2.05, 4.69) is 12.2 Å². The van der Waals surface area contributed by atoms with E-state index in [0.717, 1.165) is 30.6 Å². The monoisotopic (exact) mass is 313 g/mol. The van der Waals surface area contributed by atoms with E-state index in [4.69, 9.17) is 11.6 Å². The van der Waals surface area contributed by atoms with Crippen molar-refractivity contribution in [1.82, 2.24) is 5.32 Å². The van der Waals surface area contributed by atoms with Crippen molar-refractivity contribution in [1.29, 1.82) is 0 Å². The zero-order valence-electron chi connectivity index (χ0n) is 12.7. The Morgan fingerprint density at radius 2 is 1.77 bits per heavy atom. The van der Waals surface area contributed by atoms with E-state index < -0.39 is 0 Å². The molecule has 2 aromatic rings. The van der Waals surface area contributed by atoms with E-state index in [9.17, 15) is 4.79 Å². The van der Waals surface area contributed by atoms with Crippen molar-refractivity contribution < 1.29 is 4.79 Å². The summed E-state index contributed by atoms with van der Waals surface area (Å²) < 4.78 is 0. The first-order chi connectivity index (χ1) is 10.7. The van der Waals surface area contributed by atoms with Gasteiger partial charge < -0.3 is 5.32 Å². The van der Waals surface area contributed by atoms with Crippen LogP contribution in [0.2, 0.25) is 5.02 Å². The summed E-state index contributed by atoms with van der Waals surface area (Å²) in [5.74, 6) is -0.0894. The van der Waals surface area contributed by atoms with E-state index in [-0.39, 0.29) is 5.78 Å². The molecule has 0 spiro atoms. The minimum Gasteiger partial charge on any atom is -0.384 e. The van der Waals surface area contributed by atoms with Crippen molar-refractivity contribution in [2.45, 2.75) is 19.8 Å². The van der Waals surface area contributed by atoms with Gasteiger partial charge in [0.15, 0.2) is 5.78 Å². The van der Waals surface area contributed by atoms with Gasteiger partial charge in [-0.1, -0.05) is 67.4 Å². The minimum atomic E-state index is -0.0894. The summed E-state index contributed by atoms with van der Waals surface area (Å²) in [6.45, 7) is 2.98. The second kappa shape index (κ2) is 8.40. The van der Waals surface area contributed by atoms with Crippen molar-refractivity contribution in [3.63, 3.8) is 0 Å². The molecule has 0 fully saturated rings. The molecule has 0 amide bonds. The molecule has 0 aliphatic rings. The summed E-state index contributed by atoms with van der Waals surface area (Å²) >= 11 is 6.10. The van der Waals surface area contributed by atoms with Gasteiger partial charge in [0.1, 0.15) is 0 Å². The van der Waals surface area contributed by atoms with Crippen molar-refractivity contribution in [3.8, 4) is 0 Å². The van der Waals surface area contributed by atoms with Gasteiger partial charge in [0.25, 0.3) is 0 Å². The molecule has 1 N–H and O–H groups in total. The standard InChI is InChI=1S/C19H20ClNO/c1-2-3-13-21-18(15-9-5-4-6-10-15)14-19(22)16-11-7-8-12-17(16)20/h4-12,14,21H,2-3,13H2,1H3/b18-14+. The van der Waals surface area contributed by atoms with Crippen molar-refractivity contribution in [2.75, 3.05) is 6.54 Å². The third-order valence-electron chi connectivity index (χ3n) is 3.35. The van der Waals surface area contributed by atoms with E-state index in [1.165, 1.54) is 0 Å². The zero-order valence-corrected chi connectivity index (χ0v) is 13.4. The van der Waals surface area contributed by atoms with Crippen LogP contribution in [-0.4, -0.2) is 12.3 Å². The largest absolute Gasteiger partial charge is 0.384 e. The van der Waals surface area contributed by atoms with Gasteiger partial charge in [-0.15, -0.1) is 0 Å². The number of carbonyl (C=O) groups is 1. The number of hydrogen-bond donors (Lipinski definition) is 1. The Hall–Kier alpha value is -2.06. The maximum Gasteiger partial charge on any atom is 0.189 e. The molecule has 2 rings (SSSR count). The Morgan fingerprint density at radius 1 is 1.09 bits per heavy atom. The number of allylic oxidation sites excluding steroid dienone is 1. The van der Waals surface area contributed by atoms with Crippen LogP contribution in [-0.2, 0) is 0 Å². The molecule has 0 saturated carbocycles. The van der Waals surface area contributed by atoms with Crippen LogP contribution < -0.4 is 5.32 Å². The number of unbranched alkanes of at least 4 members (excludes halogenated alkanes) is 1. The molecule has 114 valence electrons. The Morgan fingerprint density at radius 3 is 2.45 bits per heavy atom. The highest BCUT2D eigenvalue weighted by Gasteiger charge is 2.09. The molecule has 0 atom stereocenters. The Balaban J connectivity index is 2.27. The van der Waals surface area contributed by atoms with E-state index in [0.29, 0.717) is 10.6 Å². The summed E-state index contributed by atoms with van der Waals surface area (Å²) in [5.41, 5.74) is 2.35. The lowest BCUT2D eigenvalue weighted by molar-refractivity contribution is 0.104. The van der Waals surface area contributed by atoms with Crippen molar-refractivity contribution in [3.05, 3.63) is 76.8 Å². The highest BCUT2D eigenvalue weighted by Crippen LogP contribution is 2.18. The fraction of sp³-hybridized carbons (Fsp3) is 0.211. The first-order valence-electron chi connectivity index (χ1n) is 7.52. The summed E-state index contributed by atoms with van der Waals surface area (Å²) in [6, 6.07) is 17.0. The van der Waals surface area contributed by atoms with Gasteiger partial charge in [0.05, 0.1) is 5.02 Å². The minimum absolute atomic E-state index is 0.0894. The van der Waals surface area contributed by atoms with Crippen LogP contribution in [0.25, 0.3) is 5.70 Å². The first-order valence-corrected chi connectivity index (χ1v) is 7.90. The summed E-state index contributed by atoms with van der Waals surface area (Å²) in [7, 11) is 0. The summed E-state index contributed by atoms with van der Waals surface area (Å²) in [5, 5.41) is 3.83. The predicted octanol–water partition coefficient (Wildman–Crippen LogP) is 4.95. The molecule has 0 aliphatic carbocycles. The van der Waals surface area contributed by atoms with Crippen molar-refractivity contribution >= 4 is 23.1 Å². The Kier molecular flexibility index (Phi) is 6.23. The molecular formula is C19H20ClNO. The maximum absolute atomic E-state index is 12.5. The third-order valence-corrected chi connectivity index (χ3v) is 3.67. The molecule has 3 heteroatoms. The lowest BCUT2D eigenvalue weighted by Crippen LogP contribution is -2.15. The molecule has 0 saturated heterocycles. The second-order valence-electron chi connectivity index (χ2n) is 5.05. The van der Waals surface area contributed by atoms with Crippen LogP contribution >= 0.6 is 11.6 Å². The highest BCUT2D eigenvalue weighted by molar-refractivity contribution is 6.34. The zero-order chi connectivity index (χ0) is 15.8. The quantitative estimate of drug-likeness (QED) is 0.445. The van der Waals surface area contributed by atoms with Gasteiger partial charge >= 0.3 is 0 Å². The van der Waals surface area contributed by atoms with Crippen LogP contribution in [0.4, 0.5) is 0 Å². The number of benzene rings is 2. The normalized spacial score (nSPS) is 11.3. The van der Waals surface area contributed by atoms with E-state index >= 15 is 0 Å². The number of ketones is 1. The lowest BCUT2D eigenvalue weighted by Gasteiger charge is -2.11. The number of carbonyl (C=O) groups excluding carboxylic acids is 1. The Labute approximate surface area is 136 Å². The molecule has 2 aromatic carbocycles.